The van der Waals surface area contributed by atoms with Gasteiger partial charge in [0.15, 0.2) is 0 Å². The highest BCUT2D eigenvalue weighted by atomic mass is 19.4. The zero-order valence-electron chi connectivity index (χ0n) is 13.2. The molecule has 0 atom stereocenters. The average molecular weight is 348 g/mol. The predicted octanol–water partition coefficient (Wildman–Crippen LogP) is 2.87. The number of carbonyl (C=O) groups is 1. The molecule has 1 aromatic carbocycles. The summed E-state index contributed by atoms with van der Waals surface area (Å²) in [6.07, 6.45) is -3.23. The third-order valence-electron chi connectivity index (χ3n) is 4.33. The van der Waals surface area contributed by atoms with E-state index in [-0.39, 0.29) is 30.7 Å². The molecule has 8 heteroatoms. The fraction of sp³-hybridized carbons (Fsp3) is 0.562. The van der Waals surface area contributed by atoms with Gasteiger partial charge in [0.1, 0.15) is 5.82 Å². The summed E-state index contributed by atoms with van der Waals surface area (Å²) < 4.78 is 51.8. The molecular formula is C16H20F4N2O2. The number of likely N-dealkylation sites (N-methyl/N-ethyl adjacent to an activating group) is 1. The monoisotopic (exact) mass is 348 g/mol. The zero-order valence-corrected chi connectivity index (χ0v) is 13.2. The molecule has 2 N–H and O–H groups in total. The summed E-state index contributed by atoms with van der Waals surface area (Å²) in [7, 11) is 0. The first-order chi connectivity index (χ1) is 11.2. The fourth-order valence-corrected chi connectivity index (χ4v) is 2.95. The maximum absolute atomic E-state index is 13.1. The molecule has 0 spiro atoms. The molecule has 0 heterocycles. The lowest BCUT2D eigenvalue weighted by Crippen LogP contribution is -2.53. The number of carboxylic acids is 1. The lowest BCUT2D eigenvalue weighted by Gasteiger charge is -2.42. The zero-order chi connectivity index (χ0) is 17.9. The van der Waals surface area contributed by atoms with Crippen LogP contribution in [0.4, 0.5) is 17.6 Å². The Morgan fingerprint density at radius 3 is 2.58 bits per heavy atom. The number of hydrogen-bond acceptors (Lipinski definition) is 3. The van der Waals surface area contributed by atoms with Gasteiger partial charge in [0.05, 0.1) is 12.1 Å². The summed E-state index contributed by atoms with van der Waals surface area (Å²) in [6, 6.07) is 2.82. The van der Waals surface area contributed by atoms with Crippen molar-refractivity contribution >= 4 is 5.97 Å². The normalized spacial score (nSPS) is 20.9. The maximum Gasteiger partial charge on any atom is 0.416 e. The van der Waals surface area contributed by atoms with Crippen LogP contribution in [0.25, 0.3) is 0 Å². The number of halogens is 4. The Morgan fingerprint density at radius 1 is 1.38 bits per heavy atom. The lowest BCUT2D eigenvalue weighted by molar-refractivity contribution is -0.139. The third kappa shape index (κ3) is 4.67. The Hall–Kier alpha value is -1.67. The van der Waals surface area contributed by atoms with Crippen LogP contribution in [0.2, 0.25) is 0 Å². The molecule has 0 aliphatic heterocycles. The molecule has 1 aliphatic carbocycles. The van der Waals surface area contributed by atoms with Crippen molar-refractivity contribution in [1.29, 1.82) is 0 Å². The van der Waals surface area contributed by atoms with Gasteiger partial charge in [-0.25, -0.2) is 4.39 Å². The molecule has 0 bridgehead atoms. The van der Waals surface area contributed by atoms with Crippen molar-refractivity contribution < 1.29 is 27.5 Å². The number of alkyl halides is 3. The van der Waals surface area contributed by atoms with Crippen LogP contribution in [0.1, 0.15) is 30.9 Å². The average Bonchev–Trinajstić information content (AvgIpc) is 2.44. The molecule has 1 fully saturated rings. The summed E-state index contributed by atoms with van der Waals surface area (Å²) in [6.45, 7) is 2.44. The van der Waals surface area contributed by atoms with E-state index in [1.165, 1.54) is 0 Å². The number of nitrogens with one attached hydrogen (secondary N) is 1. The molecule has 1 aliphatic rings. The summed E-state index contributed by atoms with van der Waals surface area (Å²) in [5, 5.41) is 11.9. The standard InChI is InChI=1S/C16H20F4N2O2/c1-2-22(9-15(23)24)13-6-12(7-13)21-8-10-3-4-11(17)5-14(10)16(18,19)20/h3-5,12-13,21H,2,6-9H2,1H3,(H,23,24). The fourth-order valence-electron chi connectivity index (χ4n) is 2.95. The van der Waals surface area contributed by atoms with Gasteiger partial charge in [-0.3, -0.25) is 9.69 Å². The number of benzene rings is 1. The van der Waals surface area contributed by atoms with E-state index in [9.17, 15) is 22.4 Å². The van der Waals surface area contributed by atoms with E-state index in [0.717, 1.165) is 12.1 Å². The van der Waals surface area contributed by atoms with Crippen LogP contribution in [0.15, 0.2) is 18.2 Å². The Morgan fingerprint density at radius 2 is 2.04 bits per heavy atom. The number of nitrogens with zero attached hydrogens (tertiary/aromatic N) is 1. The van der Waals surface area contributed by atoms with Crippen molar-refractivity contribution in [2.45, 2.75) is 44.6 Å². The molecule has 0 amide bonds. The van der Waals surface area contributed by atoms with Gasteiger partial charge in [-0.1, -0.05) is 13.0 Å². The largest absolute Gasteiger partial charge is 0.480 e. The predicted molar refractivity (Wildman–Crippen MR) is 79.9 cm³/mol. The summed E-state index contributed by atoms with van der Waals surface area (Å²) in [4.78, 5) is 12.6. The van der Waals surface area contributed by atoms with E-state index in [1.54, 1.807) is 0 Å². The minimum absolute atomic E-state index is 0.00242. The minimum atomic E-state index is -4.60. The summed E-state index contributed by atoms with van der Waals surface area (Å²) in [5.41, 5.74) is -0.961. The van der Waals surface area contributed by atoms with Gasteiger partial charge in [0.25, 0.3) is 0 Å². The molecule has 24 heavy (non-hydrogen) atoms. The number of hydrogen-bond donors (Lipinski definition) is 2. The van der Waals surface area contributed by atoms with Crippen molar-refractivity contribution in [2.24, 2.45) is 0 Å². The van der Waals surface area contributed by atoms with E-state index in [1.807, 2.05) is 11.8 Å². The molecule has 1 aromatic rings. The van der Waals surface area contributed by atoms with Crippen LogP contribution in [-0.4, -0.2) is 41.1 Å². The molecule has 0 unspecified atom stereocenters. The highest BCUT2D eigenvalue weighted by Crippen LogP contribution is 2.33. The van der Waals surface area contributed by atoms with Crippen LogP contribution in [0.5, 0.6) is 0 Å². The van der Waals surface area contributed by atoms with E-state index >= 15 is 0 Å². The molecule has 1 saturated carbocycles. The highest BCUT2D eigenvalue weighted by Gasteiger charge is 2.36. The Kier molecular flexibility index (Phi) is 5.82. The second-order valence-electron chi connectivity index (χ2n) is 5.96. The van der Waals surface area contributed by atoms with Crippen LogP contribution in [0, 0.1) is 5.82 Å². The first-order valence-electron chi connectivity index (χ1n) is 7.75. The Labute approximate surface area is 137 Å². The number of aliphatic carboxylic acids is 1. The van der Waals surface area contributed by atoms with Crippen molar-refractivity contribution in [2.75, 3.05) is 13.1 Å². The Balaban J connectivity index is 1.89. The summed E-state index contributed by atoms with van der Waals surface area (Å²) in [5.74, 6) is -1.81. The van der Waals surface area contributed by atoms with Gasteiger partial charge in [0.2, 0.25) is 0 Å². The third-order valence-corrected chi connectivity index (χ3v) is 4.33. The lowest BCUT2D eigenvalue weighted by atomic mass is 9.85. The molecule has 0 aromatic heterocycles. The SMILES string of the molecule is CCN(CC(=O)O)C1CC(NCc2ccc(F)cc2C(F)(F)F)C1. The quantitative estimate of drug-likeness (QED) is 0.744. The van der Waals surface area contributed by atoms with Crippen molar-refractivity contribution in [3.63, 3.8) is 0 Å². The number of rotatable bonds is 7. The van der Waals surface area contributed by atoms with Crippen LogP contribution in [0.3, 0.4) is 0 Å². The first-order valence-corrected chi connectivity index (χ1v) is 7.75. The topological polar surface area (TPSA) is 52.6 Å². The van der Waals surface area contributed by atoms with Crippen LogP contribution < -0.4 is 5.32 Å². The second-order valence-corrected chi connectivity index (χ2v) is 5.96. The maximum atomic E-state index is 13.1. The van der Waals surface area contributed by atoms with Crippen molar-refractivity contribution in [3.8, 4) is 0 Å². The van der Waals surface area contributed by atoms with Gasteiger partial charge >= 0.3 is 12.1 Å². The van der Waals surface area contributed by atoms with Gasteiger partial charge in [-0.15, -0.1) is 0 Å². The molecule has 0 radical (unpaired) electrons. The molecule has 134 valence electrons. The van der Waals surface area contributed by atoms with Gasteiger partial charge in [-0.2, -0.15) is 13.2 Å². The highest BCUT2D eigenvalue weighted by molar-refractivity contribution is 5.69. The Bertz CT molecular complexity index is 586. The van der Waals surface area contributed by atoms with Crippen molar-refractivity contribution in [1.82, 2.24) is 10.2 Å². The van der Waals surface area contributed by atoms with E-state index in [0.29, 0.717) is 25.5 Å². The minimum Gasteiger partial charge on any atom is -0.480 e. The molecule has 2 rings (SSSR count). The second kappa shape index (κ2) is 7.48. The van der Waals surface area contributed by atoms with Gasteiger partial charge in [0, 0.05) is 18.6 Å². The number of carboxylic acid groups (broad SMARTS) is 1. The summed E-state index contributed by atoms with van der Waals surface area (Å²) >= 11 is 0. The van der Waals surface area contributed by atoms with Gasteiger partial charge < -0.3 is 10.4 Å². The molecule has 0 saturated heterocycles. The van der Waals surface area contributed by atoms with Crippen LogP contribution >= 0.6 is 0 Å². The molecule has 4 nitrogen and oxygen atoms in total. The first kappa shape index (κ1) is 18.7. The van der Waals surface area contributed by atoms with Crippen LogP contribution in [-0.2, 0) is 17.5 Å². The van der Waals surface area contributed by atoms with E-state index in [2.05, 4.69) is 5.32 Å². The van der Waals surface area contributed by atoms with E-state index in [4.69, 9.17) is 5.11 Å². The van der Waals surface area contributed by atoms with Crippen molar-refractivity contribution in [3.05, 3.63) is 35.1 Å². The van der Waals surface area contributed by atoms with E-state index < -0.39 is 23.5 Å². The molecular weight excluding hydrogens is 328 g/mol. The van der Waals surface area contributed by atoms with Gasteiger partial charge in [-0.05, 0) is 37.1 Å². The smallest absolute Gasteiger partial charge is 0.416 e.